The van der Waals surface area contributed by atoms with Crippen LogP contribution < -0.4 is 10.5 Å². The number of anilines is 1. The van der Waals surface area contributed by atoms with Gasteiger partial charge in [-0.05, 0) is 31.5 Å². The molecule has 1 aromatic carbocycles. The first kappa shape index (κ1) is 13.6. The van der Waals surface area contributed by atoms with Crippen molar-refractivity contribution >= 4 is 32.7 Å². The highest BCUT2D eigenvalue weighted by molar-refractivity contribution is 7.22. The molecular weight excluding hydrogens is 264 g/mol. The summed E-state index contributed by atoms with van der Waals surface area (Å²) in [6, 6.07) is 5.45. The van der Waals surface area contributed by atoms with Gasteiger partial charge in [0.15, 0.2) is 11.2 Å². The fourth-order valence-corrected chi connectivity index (χ4v) is 2.46. The van der Waals surface area contributed by atoms with Gasteiger partial charge in [-0.25, -0.2) is 9.78 Å². The van der Waals surface area contributed by atoms with Gasteiger partial charge in [-0.15, -0.1) is 0 Å². The lowest BCUT2D eigenvalue weighted by molar-refractivity contribution is -0.151. The monoisotopic (exact) mass is 280 g/mol. The van der Waals surface area contributed by atoms with Crippen LogP contribution in [-0.2, 0) is 9.53 Å². The maximum Gasteiger partial charge on any atom is 0.347 e. The number of benzene rings is 1. The third-order valence-electron chi connectivity index (χ3n) is 2.58. The smallest absolute Gasteiger partial charge is 0.347 e. The molecule has 19 heavy (non-hydrogen) atoms. The molecule has 0 bridgehead atoms. The van der Waals surface area contributed by atoms with Crippen LogP contribution in [0.4, 0.5) is 5.13 Å². The first-order valence-electron chi connectivity index (χ1n) is 6.13. The summed E-state index contributed by atoms with van der Waals surface area (Å²) in [7, 11) is 0. The third-order valence-corrected chi connectivity index (χ3v) is 3.42. The molecule has 0 radical (unpaired) electrons. The molecule has 102 valence electrons. The molecule has 0 amide bonds. The van der Waals surface area contributed by atoms with Crippen LogP contribution in [0.2, 0.25) is 0 Å². The molecule has 2 aromatic rings. The predicted octanol–water partition coefficient (Wildman–Crippen LogP) is 2.60. The number of hydrogen-bond acceptors (Lipinski definition) is 6. The van der Waals surface area contributed by atoms with Crippen molar-refractivity contribution < 1.29 is 14.3 Å². The molecular formula is C13H16N2O3S. The van der Waals surface area contributed by atoms with Crippen LogP contribution in [0.1, 0.15) is 20.3 Å². The Balaban J connectivity index is 2.16. The quantitative estimate of drug-likeness (QED) is 0.852. The molecule has 6 heteroatoms. The molecule has 0 fully saturated rings. The molecule has 0 aliphatic heterocycles. The first-order valence-corrected chi connectivity index (χ1v) is 6.95. The van der Waals surface area contributed by atoms with Gasteiger partial charge in [0.25, 0.3) is 0 Å². The number of carbonyl (C=O) groups is 1. The molecule has 0 saturated heterocycles. The Morgan fingerprint density at radius 3 is 2.95 bits per heavy atom. The average molecular weight is 280 g/mol. The Morgan fingerprint density at radius 2 is 2.26 bits per heavy atom. The van der Waals surface area contributed by atoms with Gasteiger partial charge in [0.2, 0.25) is 0 Å². The summed E-state index contributed by atoms with van der Waals surface area (Å²) in [5, 5.41) is 0.518. The Hall–Kier alpha value is -1.82. The molecule has 1 aromatic heterocycles. The number of carbonyl (C=O) groups excluding carboxylic acids is 1. The van der Waals surface area contributed by atoms with Crippen molar-refractivity contribution in [3.63, 3.8) is 0 Å². The van der Waals surface area contributed by atoms with E-state index in [4.69, 9.17) is 15.2 Å². The number of nitrogens with zero attached hydrogens (tertiary/aromatic N) is 1. The van der Waals surface area contributed by atoms with Gasteiger partial charge in [0.1, 0.15) is 5.75 Å². The number of thiazole rings is 1. The van der Waals surface area contributed by atoms with Gasteiger partial charge < -0.3 is 15.2 Å². The molecule has 1 unspecified atom stereocenters. The minimum absolute atomic E-state index is 0.339. The van der Waals surface area contributed by atoms with E-state index in [-0.39, 0.29) is 5.97 Å². The summed E-state index contributed by atoms with van der Waals surface area (Å²) >= 11 is 1.39. The Bertz CT molecular complexity index is 582. The number of rotatable bonds is 5. The van der Waals surface area contributed by atoms with Crippen molar-refractivity contribution in [1.82, 2.24) is 4.98 Å². The molecule has 1 heterocycles. The molecule has 1 atom stereocenters. The summed E-state index contributed by atoms with van der Waals surface area (Å²) < 4.78 is 11.6. The van der Waals surface area contributed by atoms with Gasteiger partial charge in [0.05, 0.1) is 16.8 Å². The highest BCUT2D eigenvalue weighted by Gasteiger charge is 2.19. The van der Waals surface area contributed by atoms with Gasteiger partial charge in [-0.1, -0.05) is 18.3 Å². The number of nitrogens with two attached hydrogens (primary N) is 1. The van der Waals surface area contributed by atoms with E-state index in [0.29, 0.717) is 23.9 Å². The predicted molar refractivity (Wildman–Crippen MR) is 75.4 cm³/mol. The normalized spacial score (nSPS) is 12.3. The van der Waals surface area contributed by atoms with Crippen LogP contribution in [0.15, 0.2) is 18.2 Å². The molecule has 0 spiro atoms. The summed E-state index contributed by atoms with van der Waals surface area (Å²) in [5.74, 6) is 0.282. The van der Waals surface area contributed by atoms with Crippen molar-refractivity contribution in [2.45, 2.75) is 26.4 Å². The Morgan fingerprint density at radius 1 is 1.47 bits per heavy atom. The van der Waals surface area contributed by atoms with Crippen LogP contribution in [0.25, 0.3) is 10.2 Å². The second-order valence-electron chi connectivity index (χ2n) is 3.95. The van der Waals surface area contributed by atoms with E-state index >= 15 is 0 Å². The van der Waals surface area contributed by atoms with E-state index in [0.717, 1.165) is 10.2 Å². The van der Waals surface area contributed by atoms with Crippen molar-refractivity contribution in [3.8, 4) is 5.75 Å². The highest BCUT2D eigenvalue weighted by atomic mass is 32.1. The van der Waals surface area contributed by atoms with Gasteiger partial charge in [-0.3, -0.25) is 0 Å². The van der Waals surface area contributed by atoms with Crippen LogP contribution in [0.5, 0.6) is 5.75 Å². The lowest BCUT2D eigenvalue weighted by Gasteiger charge is -2.15. The van der Waals surface area contributed by atoms with E-state index < -0.39 is 6.10 Å². The zero-order valence-electron chi connectivity index (χ0n) is 10.9. The topological polar surface area (TPSA) is 74.4 Å². The standard InChI is InChI=1S/C13H16N2O3S/c1-3-10(12(16)17-4-2)18-8-5-6-9-11(7-8)19-13(14)15-9/h5-7,10H,3-4H2,1-2H3,(H2,14,15). The first-order chi connectivity index (χ1) is 9.13. The van der Waals surface area contributed by atoms with Crippen molar-refractivity contribution in [3.05, 3.63) is 18.2 Å². The van der Waals surface area contributed by atoms with Crippen LogP contribution in [0, 0.1) is 0 Å². The van der Waals surface area contributed by atoms with Crippen LogP contribution in [-0.4, -0.2) is 23.7 Å². The van der Waals surface area contributed by atoms with Crippen molar-refractivity contribution in [2.75, 3.05) is 12.3 Å². The number of esters is 1. The zero-order chi connectivity index (χ0) is 13.8. The van der Waals surface area contributed by atoms with E-state index in [1.165, 1.54) is 11.3 Å². The van der Waals surface area contributed by atoms with Crippen molar-refractivity contribution in [1.29, 1.82) is 0 Å². The second kappa shape index (κ2) is 5.88. The van der Waals surface area contributed by atoms with Crippen LogP contribution in [0.3, 0.4) is 0 Å². The zero-order valence-corrected chi connectivity index (χ0v) is 11.7. The molecule has 0 saturated carbocycles. The molecule has 0 aliphatic rings. The van der Waals surface area contributed by atoms with Gasteiger partial charge in [-0.2, -0.15) is 0 Å². The van der Waals surface area contributed by atoms with Crippen LogP contribution >= 0.6 is 11.3 Å². The summed E-state index contributed by atoms with van der Waals surface area (Å²) in [4.78, 5) is 15.8. The van der Waals surface area contributed by atoms with E-state index in [1.807, 2.05) is 19.1 Å². The SMILES string of the molecule is CCOC(=O)C(CC)Oc1ccc2nc(N)sc2c1. The van der Waals surface area contributed by atoms with Crippen molar-refractivity contribution in [2.24, 2.45) is 0 Å². The highest BCUT2D eigenvalue weighted by Crippen LogP contribution is 2.28. The van der Waals surface area contributed by atoms with Gasteiger partial charge in [0, 0.05) is 0 Å². The third kappa shape index (κ3) is 3.14. The van der Waals surface area contributed by atoms with Gasteiger partial charge >= 0.3 is 5.97 Å². The largest absolute Gasteiger partial charge is 0.479 e. The number of fused-ring (bicyclic) bond motifs is 1. The lowest BCUT2D eigenvalue weighted by Crippen LogP contribution is -2.28. The minimum atomic E-state index is -0.581. The number of aromatic nitrogens is 1. The molecule has 5 nitrogen and oxygen atoms in total. The fourth-order valence-electron chi connectivity index (χ4n) is 1.69. The number of ether oxygens (including phenoxy) is 2. The fraction of sp³-hybridized carbons (Fsp3) is 0.385. The summed E-state index contributed by atoms with van der Waals surface area (Å²) in [5.41, 5.74) is 6.48. The van der Waals surface area contributed by atoms with E-state index in [2.05, 4.69) is 4.98 Å². The number of nitrogen functional groups attached to an aromatic ring is 1. The average Bonchev–Trinajstić information content (AvgIpc) is 2.75. The lowest BCUT2D eigenvalue weighted by atomic mass is 10.2. The Kier molecular flexibility index (Phi) is 4.21. The summed E-state index contributed by atoms with van der Waals surface area (Å²) in [6.07, 6.45) is -0.0236. The van der Waals surface area contributed by atoms with E-state index in [1.54, 1.807) is 13.0 Å². The summed E-state index contributed by atoms with van der Waals surface area (Å²) in [6.45, 7) is 4.00. The van der Waals surface area contributed by atoms with E-state index in [9.17, 15) is 4.79 Å². The molecule has 2 rings (SSSR count). The number of hydrogen-bond donors (Lipinski definition) is 1. The molecule has 2 N–H and O–H groups in total. The molecule has 0 aliphatic carbocycles. The minimum Gasteiger partial charge on any atom is -0.479 e. The maximum absolute atomic E-state index is 11.7. The Labute approximate surface area is 115 Å². The second-order valence-corrected chi connectivity index (χ2v) is 5.01. The maximum atomic E-state index is 11.7.